The van der Waals surface area contributed by atoms with Gasteiger partial charge in [0, 0.05) is 18.6 Å². The van der Waals surface area contributed by atoms with Gasteiger partial charge in [0.25, 0.3) is 0 Å². The SMILES string of the molecule is COC(=O)c1ccc(S(=O)(=O)N(C)CCOc2cccc(Cl)c2)c(Cl)c1. The van der Waals surface area contributed by atoms with Crippen LogP contribution in [0.15, 0.2) is 47.4 Å². The maximum absolute atomic E-state index is 12.6. The van der Waals surface area contributed by atoms with Crippen LogP contribution in [0.25, 0.3) is 0 Å². The van der Waals surface area contributed by atoms with Crippen LogP contribution in [0.2, 0.25) is 10.0 Å². The van der Waals surface area contributed by atoms with E-state index in [9.17, 15) is 13.2 Å². The molecule has 2 aromatic carbocycles. The Bertz CT molecular complexity index is 902. The standard InChI is InChI=1S/C17H17Cl2NO5S/c1-20(8-9-25-14-5-3-4-13(18)11-14)26(22,23)16-7-6-12(10-15(16)19)17(21)24-2/h3-7,10-11H,8-9H2,1-2H3. The van der Waals surface area contributed by atoms with Crippen molar-refractivity contribution >= 4 is 39.2 Å². The fourth-order valence-electron chi connectivity index (χ4n) is 2.09. The van der Waals surface area contributed by atoms with E-state index in [-0.39, 0.29) is 28.6 Å². The van der Waals surface area contributed by atoms with Gasteiger partial charge in [0.2, 0.25) is 10.0 Å². The van der Waals surface area contributed by atoms with Gasteiger partial charge in [0.1, 0.15) is 17.3 Å². The average Bonchev–Trinajstić information content (AvgIpc) is 2.60. The van der Waals surface area contributed by atoms with E-state index in [4.69, 9.17) is 27.9 Å². The first-order valence-corrected chi connectivity index (χ1v) is 9.68. The van der Waals surface area contributed by atoms with Gasteiger partial charge in [-0.1, -0.05) is 29.3 Å². The van der Waals surface area contributed by atoms with E-state index in [1.54, 1.807) is 24.3 Å². The number of hydrogen-bond donors (Lipinski definition) is 0. The molecule has 0 atom stereocenters. The second-order valence-corrected chi connectivity index (χ2v) is 8.13. The molecule has 0 aliphatic rings. The van der Waals surface area contributed by atoms with Crippen LogP contribution in [0, 0.1) is 0 Å². The Morgan fingerprint density at radius 2 is 1.88 bits per heavy atom. The number of likely N-dealkylation sites (N-methyl/N-ethyl adjacent to an activating group) is 1. The minimum Gasteiger partial charge on any atom is -0.492 e. The molecule has 0 aliphatic heterocycles. The Labute approximate surface area is 162 Å². The van der Waals surface area contributed by atoms with Crippen molar-refractivity contribution in [2.24, 2.45) is 0 Å². The van der Waals surface area contributed by atoms with Crippen molar-refractivity contribution in [1.29, 1.82) is 0 Å². The number of carbonyl (C=O) groups is 1. The molecule has 26 heavy (non-hydrogen) atoms. The van der Waals surface area contributed by atoms with Crippen LogP contribution in [0.3, 0.4) is 0 Å². The van der Waals surface area contributed by atoms with Gasteiger partial charge in [-0.25, -0.2) is 13.2 Å². The molecule has 0 fully saturated rings. The van der Waals surface area contributed by atoms with E-state index >= 15 is 0 Å². The summed E-state index contributed by atoms with van der Waals surface area (Å²) in [7, 11) is -1.19. The zero-order valence-electron chi connectivity index (χ0n) is 14.1. The van der Waals surface area contributed by atoms with Crippen LogP contribution >= 0.6 is 23.2 Å². The second-order valence-electron chi connectivity index (χ2n) is 5.27. The van der Waals surface area contributed by atoms with E-state index in [0.29, 0.717) is 10.8 Å². The number of hydrogen-bond acceptors (Lipinski definition) is 5. The van der Waals surface area contributed by atoms with Gasteiger partial charge in [-0.15, -0.1) is 0 Å². The van der Waals surface area contributed by atoms with Crippen LogP contribution in [0.1, 0.15) is 10.4 Å². The summed E-state index contributed by atoms with van der Waals surface area (Å²) in [6.07, 6.45) is 0. The highest BCUT2D eigenvalue weighted by atomic mass is 35.5. The van der Waals surface area contributed by atoms with Gasteiger partial charge in [-0.3, -0.25) is 0 Å². The number of halogens is 2. The summed E-state index contributed by atoms with van der Waals surface area (Å²) < 4.78 is 36.5. The quantitative estimate of drug-likeness (QED) is 0.644. The molecule has 0 heterocycles. The zero-order valence-corrected chi connectivity index (χ0v) is 16.4. The fourth-order valence-corrected chi connectivity index (χ4v) is 3.94. The number of rotatable bonds is 7. The first kappa shape index (κ1) is 20.5. The molecule has 2 aromatic rings. The van der Waals surface area contributed by atoms with Crippen molar-refractivity contribution in [3.8, 4) is 5.75 Å². The Morgan fingerprint density at radius 1 is 1.15 bits per heavy atom. The highest BCUT2D eigenvalue weighted by Crippen LogP contribution is 2.25. The van der Waals surface area contributed by atoms with Gasteiger partial charge in [-0.05, 0) is 36.4 Å². The van der Waals surface area contributed by atoms with E-state index in [2.05, 4.69) is 4.74 Å². The van der Waals surface area contributed by atoms with Crippen molar-refractivity contribution in [3.05, 3.63) is 58.1 Å². The third kappa shape index (κ3) is 4.88. The minimum atomic E-state index is -3.84. The molecular weight excluding hydrogens is 401 g/mol. The Kier molecular flexibility index (Phi) is 6.88. The molecule has 0 bridgehead atoms. The molecule has 0 aliphatic carbocycles. The predicted octanol–water partition coefficient (Wildman–Crippen LogP) is 3.48. The van der Waals surface area contributed by atoms with Crippen molar-refractivity contribution < 1.29 is 22.7 Å². The molecule has 0 spiro atoms. The topological polar surface area (TPSA) is 72.9 Å². The van der Waals surface area contributed by atoms with E-state index in [0.717, 1.165) is 4.31 Å². The zero-order chi connectivity index (χ0) is 19.3. The average molecular weight is 418 g/mol. The summed E-state index contributed by atoms with van der Waals surface area (Å²) in [5.74, 6) is -0.0529. The molecule has 0 aromatic heterocycles. The maximum Gasteiger partial charge on any atom is 0.337 e. The largest absolute Gasteiger partial charge is 0.492 e. The molecule has 0 unspecified atom stereocenters. The molecule has 2 rings (SSSR count). The lowest BCUT2D eigenvalue weighted by Crippen LogP contribution is -2.31. The van der Waals surface area contributed by atoms with Crippen molar-refractivity contribution in [2.75, 3.05) is 27.3 Å². The summed E-state index contributed by atoms with van der Waals surface area (Å²) >= 11 is 11.9. The predicted molar refractivity (Wildman–Crippen MR) is 99.6 cm³/mol. The van der Waals surface area contributed by atoms with Crippen molar-refractivity contribution in [2.45, 2.75) is 4.90 Å². The van der Waals surface area contributed by atoms with E-state index in [1.165, 1.54) is 32.4 Å². The summed E-state index contributed by atoms with van der Waals surface area (Å²) in [6, 6.07) is 10.7. The molecule has 0 saturated heterocycles. The summed E-state index contributed by atoms with van der Waals surface area (Å²) in [4.78, 5) is 11.4. The van der Waals surface area contributed by atoms with Gasteiger partial charge in [0.15, 0.2) is 0 Å². The fraction of sp³-hybridized carbons (Fsp3) is 0.235. The summed E-state index contributed by atoms with van der Waals surface area (Å²) in [5.41, 5.74) is 0.170. The van der Waals surface area contributed by atoms with Gasteiger partial charge in [-0.2, -0.15) is 4.31 Å². The van der Waals surface area contributed by atoms with Gasteiger partial charge < -0.3 is 9.47 Å². The highest BCUT2D eigenvalue weighted by molar-refractivity contribution is 7.89. The van der Waals surface area contributed by atoms with Crippen LogP contribution < -0.4 is 4.74 Å². The Hall–Kier alpha value is -1.80. The van der Waals surface area contributed by atoms with E-state index < -0.39 is 16.0 Å². The Morgan fingerprint density at radius 3 is 2.50 bits per heavy atom. The monoisotopic (exact) mass is 417 g/mol. The van der Waals surface area contributed by atoms with Crippen LogP contribution in [-0.2, 0) is 14.8 Å². The number of nitrogens with zero attached hydrogens (tertiary/aromatic N) is 1. The van der Waals surface area contributed by atoms with Crippen LogP contribution in [0.5, 0.6) is 5.75 Å². The van der Waals surface area contributed by atoms with E-state index in [1.807, 2.05) is 0 Å². The minimum absolute atomic E-state index is 0.0597. The number of methoxy groups -OCH3 is 1. The number of benzene rings is 2. The maximum atomic E-state index is 12.6. The number of esters is 1. The van der Waals surface area contributed by atoms with Gasteiger partial charge in [0.05, 0.1) is 17.7 Å². The van der Waals surface area contributed by atoms with Crippen molar-refractivity contribution in [1.82, 2.24) is 4.31 Å². The lowest BCUT2D eigenvalue weighted by molar-refractivity contribution is 0.0600. The lowest BCUT2D eigenvalue weighted by Gasteiger charge is -2.18. The number of carbonyl (C=O) groups excluding carboxylic acids is 1. The highest BCUT2D eigenvalue weighted by Gasteiger charge is 2.24. The summed E-state index contributed by atoms with van der Waals surface area (Å²) in [5, 5.41) is 0.469. The molecule has 9 heteroatoms. The smallest absolute Gasteiger partial charge is 0.337 e. The number of sulfonamides is 1. The van der Waals surface area contributed by atoms with Crippen LogP contribution in [-0.4, -0.2) is 46.0 Å². The molecule has 0 radical (unpaired) electrons. The van der Waals surface area contributed by atoms with Crippen molar-refractivity contribution in [3.63, 3.8) is 0 Å². The molecule has 0 N–H and O–H groups in total. The molecule has 140 valence electrons. The number of ether oxygens (including phenoxy) is 2. The molecule has 0 amide bonds. The second kappa shape index (κ2) is 8.73. The Balaban J connectivity index is 2.07. The van der Waals surface area contributed by atoms with Gasteiger partial charge >= 0.3 is 5.97 Å². The normalized spacial score (nSPS) is 11.4. The lowest BCUT2D eigenvalue weighted by atomic mass is 10.2. The summed E-state index contributed by atoms with van der Waals surface area (Å²) in [6.45, 7) is 0.234. The third-order valence-electron chi connectivity index (χ3n) is 3.51. The molecule has 0 saturated carbocycles. The first-order valence-electron chi connectivity index (χ1n) is 7.48. The molecule has 6 nitrogen and oxygen atoms in total. The third-order valence-corrected chi connectivity index (χ3v) is 6.09. The molecular formula is C17H17Cl2NO5S. The van der Waals surface area contributed by atoms with Crippen LogP contribution in [0.4, 0.5) is 0 Å². The first-order chi connectivity index (χ1) is 12.3.